The summed E-state index contributed by atoms with van der Waals surface area (Å²) in [6.45, 7) is 2.03. The highest BCUT2D eigenvalue weighted by Crippen LogP contribution is 2.32. The van der Waals surface area contributed by atoms with E-state index >= 15 is 0 Å². The highest BCUT2D eigenvalue weighted by Gasteiger charge is 2.18. The molecule has 0 aromatic heterocycles. The molecule has 0 saturated heterocycles. The van der Waals surface area contributed by atoms with Crippen LogP contribution in [-0.2, 0) is 12.8 Å². The monoisotopic (exact) mass is 219 g/mol. The maximum atomic E-state index is 11.5. The van der Waals surface area contributed by atoms with Crippen molar-refractivity contribution in [2.24, 2.45) is 0 Å². The van der Waals surface area contributed by atoms with E-state index in [1.807, 2.05) is 13.0 Å². The van der Waals surface area contributed by atoms with Crippen LogP contribution < -0.4 is 4.74 Å². The molecule has 0 bridgehead atoms. The average Bonchev–Trinajstić information content (AvgIpc) is 2.65. The maximum Gasteiger partial charge on any atom is 0.414 e. The molecule has 0 atom stereocenters. The Morgan fingerprint density at radius 1 is 1.31 bits per heavy atom. The van der Waals surface area contributed by atoms with Crippen molar-refractivity contribution in [3.05, 3.63) is 28.8 Å². The largest absolute Gasteiger partial charge is 0.414 e. The third kappa shape index (κ3) is 2.03. The van der Waals surface area contributed by atoms with Crippen molar-refractivity contribution in [3.63, 3.8) is 0 Å². The standard InChI is InChI=1S/C13H17NO2/c1-9-7-10-5-4-6-11(10)12(8-9)16-13(15)14(2)3/h7-8H,4-6H2,1-3H3. The van der Waals surface area contributed by atoms with Gasteiger partial charge in [0.2, 0.25) is 0 Å². The number of carbonyl (C=O) groups is 1. The van der Waals surface area contributed by atoms with E-state index in [9.17, 15) is 4.79 Å². The van der Waals surface area contributed by atoms with Gasteiger partial charge in [-0.2, -0.15) is 0 Å². The van der Waals surface area contributed by atoms with Crippen molar-refractivity contribution in [1.82, 2.24) is 4.90 Å². The molecule has 1 amide bonds. The summed E-state index contributed by atoms with van der Waals surface area (Å²) >= 11 is 0. The topological polar surface area (TPSA) is 29.5 Å². The molecule has 0 fully saturated rings. The second-order valence-corrected chi connectivity index (χ2v) is 4.52. The number of hydrogen-bond acceptors (Lipinski definition) is 2. The lowest BCUT2D eigenvalue weighted by atomic mass is 10.1. The molecule has 0 unspecified atom stereocenters. The fraction of sp³-hybridized carbons (Fsp3) is 0.462. The first-order chi connectivity index (χ1) is 7.58. The molecule has 0 heterocycles. The SMILES string of the molecule is Cc1cc2c(c(OC(=O)N(C)C)c1)CCC2. The predicted octanol–water partition coefficient (Wildman–Crippen LogP) is 2.54. The molecule has 0 aliphatic heterocycles. The third-order valence-corrected chi connectivity index (χ3v) is 2.88. The Labute approximate surface area is 96.0 Å². The van der Waals surface area contributed by atoms with Gasteiger partial charge in [-0.05, 0) is 48.9 Å². The average molecular weight is 219 g/mol. The molecule has 1 aliphatic carbocycles. The number of nitrogens with zero attached hydrogens (tertiary/aromatic N) is 1. The van der Waals surface area contributed by atoms with Crippen LogP contribution in [0.2, 0.25) is 0 Å². The van der Waals surface area contributed by atoms with Gasteiger partial charge in [-0.15, -0.1) is 0 Å². The highest BCUT2D eigenvalue weighted by molar-refractivity contribution is 5.71. The molecule has 1 aliphatic rings. The first-order valence-electron chi connectivity index (χ1n) is 5.59. The van der Waals surface area contributed by atoms with E-state index in [0.717, 1.165) is 30.6 Å². The fourth-order valence-electron chi connectivity index (χ4n) is 2.09. The molecule has 1 aromatic carbocycles. The number of amides is 1. The lowest BCUT2D eigenvalue weighted by Crippen LogP contribution is -2.25. The van der Waals surface area contributed by atoms with E-state index < -0.39 is 0 Å². The summed E-state index contributed by atoms with van der Waals surface area (Å²) in [5.74, 6) is 0.742. The van der Waals surface area contributed by atoms with Gasteiger partial charge in [0.05, 0.1) is 0 Å². The van der Waals surface area contributed by atoms with Crippen molar-refractivity contribution in [3.8, 4) is 5.75 Å². The first-order valence-corrected chi connectivity index (χ1v) is 5.59. The second-order valence-electron chi connectivity index (χ2n) is 4.52. The number of benzene rings is 1. The molecule has 1 aromatic rings. The summed E-state index contributed by atoms with van der Waals surface area (Å²) in [4.78, 5) is 13.0. The van der Waals surface area contributed by atoms with Gasteiger partial charge in [-0.25, -0.2) is 4.79 Å². The van der Waals surface area contributed by atoms with Crippen molar-refractivity contribution >= 4 is 6.09 Å². The Hall–Kier alpha value is -1.51. The molecule has 3 heteroatoms. The van der Waals surface area contributed by atoms with Gasteiger partial charge in [0.25, 0.3) is 0 Å². The van der Waals surface area contributed by atoms with Crippen LogP contribution >= 0.6 is 0 Å². The van der Waals surface area contributed by atoms with E-state index in [1.165, 1.54) is 16.0 Å². The zero-order valence-corrected chi connectivity index (χ0v) is 10.0. The number of hydrogen-bond donors (Lipinski definition) is 0. The van der Waals surface area contributed by atoms with Crippen LogP contribution in [0.4, 0.5) is 4.79 Å². The van der Waals surface area contributed by atoms with Crippen LogP contribution in [-0.4, -0.2) is 25.1 Å². The van der Waals surface area contributed by atoms with Gasteiger partial charge in [-0.1, -0.05) is 6.07 Å². The summed E-state index contributed by atoms with van der Waals surface area (Å²) < 4.78 is 5.39. The van der Waals surface area contributed by atoms with E-state index in [0.29, 0.717) is 0 Å². The summed E-state index contributed by atoms with van der Waals surface area (Å²) in [6, 6.07) is 4.14. The lowest BCUT2D eigenvalue weighted by molar-refractivity contribution is 0.171. The summed E-state index contributed by atoms with van der Waals surface area (Å²) in [6.07, 6.45) is 2.97. The molecular weight excluding hydrogens is 202 g/mol. The summed E-state index contributed by atoms with van der Waals surface area (Å²) in [7, 11) is 3.39. The zero-order valence-electron chi connectivity index (χ0n) is 10.0. The molecule has 0 radical (unpaired) electrons. The second kappa shape index (κ2) is 4.16. The summed E-state index contributed by atoms with van der Waals surface area (Å²) in [5, 5.41) is 0. The fourth-order valence-corrected chi connectivity index (χ4v) is 2.09. The van der Waals surface area contributed by atoms with Gasteiger partial charge in [0.1, 0.15) is 5.75 Å². The van der Waals surface area contributed by atoms with Gasteiger partial charge in [0.15, 0.2) is 0 Å². The highest BCUT2D eigenvalue weighted by atomic mass is 16.6. The quantitative estimate of drug-likeness (QED) is 0.726. The van der Waals surface area contributed by atoms with Gasteiger partial charge in [-0.3, -0.25) is 0 Å². The number of rotatable bonds is 1. The smallest absolute Gasteiger partial charge is 0.410 e. The number of ether oxygens (including phenoxy) is 1. The Morgan fingerprint density at radius 3 is 2.75 bits per heavy atom. The number of carbonyl (C=O) groups excluding carboxylic acids is 1. The minimum absolute atomic E-state index is 0.306. The van der Waals surface area contributed by atoms with Crippen LogP contribution in [0.5, 0.6) is 5.75 Å². The molecule has 0 N–H and O–H groups in total. The van der Waals surface area contributed by atoms with Crippen LogP contribution in [0, 0.1) is 6.92 Å². The van der Waals surface area contributed by atoms with E-state index in [1.54, 1.807) is 14.1 Å². The molecule has 3 nitrogen and oxygen atoms in total. The van der Waals surface area contributed by atoms with Crippen LogP contribution in [0.15, 0.2) is 12.1 Å². The maximum absolute atomic E-state index is 11.5. The van der Waals surface area contributed by atoms with Gasteiger partial charge >= 0.3 is 6.09 Å². The molecule has 2 rings (SSSR count). The minimum Gasteiger partial charge on any atom is -0.410 e. The Bertz CT molecular complexity index is 424. The Kier molecular flexibility index (Phi) is 2.86. The van der Waals surface area contributed by atoms with E-state index in [2.05, 4.69) is 6.07 Å². The lowest BCUT2D eigenvalue weighted by Gasteiger charge is -2.14. The van der Waals surface area contributed by atoms with Crippen LogP contribution in [0.25, 0.3) is 0 Å². The molecular formula is C13H17NO2. The van der Waals surface area contributed by atoms with Gasteiger partial charge < -0.3 is 9.64 Å². The van der Waals surface area contributed by atoms with Crippen molar-refractivity contribution < 1.29 is 9.53 Å². The number of fused-ring (bicyclic) bond motifs is 1. The minimum atomic E-state index is -0.306. The molecule has 0 saturated carbocycles. The number of aryl methyl sites for hydroxylation is 2. The molecule has 86 valence electrons. The van der Waals surface area contributed by atoms with E-state index in [-0.39, 0.29) is 6.09 Å². The van der Waals surface area contributed by atoms with Crippen molar-refractivity contribution in [1.29, 1.82) is 0 Å². The van der Waals surface area contributed by atoms with Crippen LogP contribution in [0.3, 0.4) is 0 Å². The molecule has 0 spiro atoms. The molecule has 16 heavy (non-hydrogen) atoms. The Balaban J connectivity index is 2.30. The van der Waals surface area contributed by atoms with Crippen molar-refractivity contribution in [2.75, 3.05) is 14.1 Å². The first kappa shape index (κ1) is 11.0. The third-order valence-electron chi connectivity index (χ3n) is 2.88. The van der Waals surface area contributed by atoms with Gasteiger partial charge in [0, 0.05) is 14.1 Å². The Morgan fingerprint density at radius 2 is 2.06 bits per heavy atom. The summed E-state index contributed by atoms with van der Waals surface area (Å²) in [5.41, 5.74) is 3.70. The zero-order chi connectivity index (χ0) is 11.7. The van der Waals surface area contributed by atoms with Crippen molar-refractivity contribution in [2.45, 2.75) is 26.2 Å². The predicted molar refractivity (Wildman–Crippen MR) is 62.9 cm³/mol. The van der Waals surface area contributed by atoms with E-state index in [4.69, 9.17) is 4.74 Å². The normalized spacial score (nSPS) is 13.4. The van der Waals surface area contributed by atoms with Crippen LogP contribution in [0.1, 0.15) is 23.1 Å².